The van der Waals surface area contributed by atoms with E-state index in [1.807, 2.05) is 4.90 Å². The summed E-state index contributed by atoms with van der Waals surface area (Å²) in [6, 6.07) is 3.52. The summed E-state index contributed by atoms with van der Waals surface area (Å²) in [7, 11) is 0. The Kier molecular flexibility index (Phi) is 3.63. The van der Waals surface area contributed by atoms with E-state index in [2.05, 4.69) is 5.32 Å². The molecule has 4 rings (SSSR count). The number of halogens is 2. The summed E-state index contributed by atoms with van der Waals surface area (Å²) in [5.41, 5.74) is 0.742. The maximum Gasteiger partial charge on any atom is 0.226 e. The number of piperidine rings is 1. The molecule has 23 heavy (non-hydrogen) atoms. The molecule has 2 atom stereocenters. The first-order chi connectivity index (χ1) is 11.1. The number of amides is 1. The molecule has 1 aromatic rings. The first kappa shape index (κ1) is 15.1. The van der Waals surface area contributed by atoms with E-state index in [1.165, 1.54) is 12.5 Å². The third-order valence-electron chi connectivity index (χ3n) is 5.93. The predicted molar refractivity (Wildman–Crippen MR) is 82.9 cm³/mol. The van der Waals surface area contributed by atoms with Crippen LogP contribution in [0.2, 0.25) is 0 Å². The summed E-state index contributed by atoms with van der Waals surface area (Å²) in [5, 5.41) is 3.42. The van der Waals surface area contributed by atoms with Crippen LogP contribution in [-0.2, 0) is 4.79 Å². The maximum atomic E-state index is 13.8. The lowest BCUT2D eigenvalue weighted by Gasteiger charge is -2.39. The third kappa shape index (κ3) is 2.75. The number of benzene rings is 1. The van der Waals surface area contributed by atoms with E-state index >= 15 is 0 Å². The first-order valence-electron chi connectivity index (χ1n) is 8.52. The smallest absolute Gasteiger partial charge is 0.226 e. The highest BCUT2D eigenvalue weighted by Crippen LogP contribution is 2.50. The van der Waals surface area contributed by atoms with Crippen LogP contribution in [0.5, 0.6) is 0 Å². The van der Waals surface area contributed by atoms with Gasteiger partial charge in [-0.15, -0.1) is 0 Å². The van der Waals surface area contributed by atoms with Gasteiger partial charge in [0.2, 0.25) is 5.91 Å². The van der Waals surface area contributed by atoms with Gasteiger partial charge >= 0.3 is 0 Å². The SMILES string of the molecule is O=C(C1CC1c1cc(F)ccc1F)N1CCC2(CCNC2)CC1. The van der Waals surface area contributed by atoms with E-state index in [1.54, 1.807) is 0 Å². The van der Waals surface area contributed by atoms with Crippen molar-refractivity contribution in [2.24, 2.45) is 11.3 Å². The fourth-order valence-corrected chi connectivity index (χ4v) is 4.27. The van der Waals surface area contributed by atoms with Crippen molar-refractivity contribution >= 4 is 5.91 Å². The molecule has 3 nitrogen and oxygen atoms in total. The van der Waals surface area contributed by atoms with E-state index in [4.69, 9.17) is 0 Å². The molecule has 2 saturated heterocycles. The van der Waals surface area contributed by atoms with Crippen LogP contribution in [0, 0.1) is 23.0 Å². The number of carbonyl (C=O) groups excluding carboxylic acids is 1. The largest absolute Gasteiger partial charge is 0.342 e. The maximum absolute atomic E-state index is 13.8. The number of nitrogens with one attached hydrogen (secondary N) is 1. The second-order valence-corrected chi connectivity index (χ2v) is 7.37. The summed E-state index contributed by atoms with van der Waals surface area (Å²) in [5.74, 6) is -1.03. The minimum absolute atomic E-state index is 0.125. The number of carbonyl (C=O) groups is 1. The molecular weight excluding hydrogens is 298 g/mol. The van der Waals surface area contributed by atoms with Gasteiger partial charge in [0.25, 0.3) is 0 Å². The molecule has 3 aliphatic rings. The summed E-state index contributed by atoms with van der Waals surface area (Å²) >= 11 is 0. The fourth-order valence-electron chi connectivity index (χ4n) is 4.27. The van der Waals surface area contributed by atoms with Crippen molar-refractivity contribution in [2.45, 2.75) is 31.6 Å². The molecule has 0 aromatic heterocycles. The zero-order chi connectivity index (χ0) is 16.0. The lowest BCUT2D eigenvalue weighted by atomic mass is 9.78. The Balaban J connectivity index is 1.39. The highest BCUT2D eigenvalue weighted by Gasteiger charge is 2.48. The van der Waals surface area contributed by atoms with E-state index in [0.717, 1.165) is 51.2 Å². The van der Waals surface area contributed by atoms with Gasteiger partial charge in [0.1, 0.15) is 11.6 Å². The van der Waals surface area contributed by atoms with Gasteiger partial charge in [-0.2, -0.15) is 0 Å². The number of likely N-dealkylation sites (tertiary alicyclic amines) is 1. The average Bonchev–Trinajstić information content (AvgIpc) is 3.23. The van der Waals surface area contributed by atoms with Crippen LogP contribution in [0.1, 0.15) is 37.2 Å². The van der Waals surface area contributed by atoms with Crippen molar-refractivity contribution in [2.75, 3.05) is 26.2 Å². The lowest BCUT2D eigenvalue weighted by Crippen LogP contribution is -2.44. The Hall–Kier alpha value is -1.49. The van der Waals surface area contributed by atoms with E-state index in [9.17, 15) is 13.6 Å². The van der Waals surface area contributed by atoms with Crippen molar-refractivity contribution < 1.29 is 13.6 Å². The van der Waals surface area contributed by atoms with Crippen molar-refractivity contribution in [3.63, 3.8) is 0 Å². The molecule has 2 unspecified atom stereocenters. The fraction of sp³-hybridized carbons (Fsp3) is 0.611. The topological polar surface area (TPSA) is 32.3 Å². The van der Waals surface area contributed by atoms with E-state index in [-0.39, 0.29) is 17.7 Å². The molecular formula is C18H22F2N2O. The standard InChI is InChI=1S/C18H22F2N2O/c19-12-1-2-16(20)14(9-12)13-10-15(13)17(23)22-7-4-18(5-8-22)3-6-21-11-18/h1-2,9,13,15,21H,3-8,10-11H2. The molecule has 5 heteroatoms. The molecule has 0 bridgehead atoms. The van der Waals surface area contributed by atoms with Gasteiger partial charge in [-0.05, 0) is 67.3 Å². The first-order valence-corrected chi connectivity index (χ1v) is 8.52. The van der Waals surface area contributed by atoms with Gasteiger partial charge in [-0.25, -0.2) is 8.78 Å². The van der Waals surface area contributed by atoms with Crippen molar-refractivity contribution in [1.82, 2.24) is 10.2 Å². The normalized spacial score (nSPS) is 29.0. The van der Waals surface area contributed by atoms with Crippen molar-refractivity contribution in [3.8, 4) is 0 Å². The Morgan fingerprint density at radius 2 is 2.00 bits per heavy atom. The number of hydrogen-bond donors (Lipinski definition) is 1. The summed E-state index contributed by atoms with van der Waals surface area (Å²) in [6.45, 7) is 3.75. The number of nitrogens with zero attached hydrogens (tertiary/aromatic N) is 1. The second kappa shape index (κ2) is 5.55. The molecule has 124 valence electrons. The van der Waals surface area contributed by atoms with Crippen LogP contribution in [0.4, 0.5) is 8.78 Å². The quantitative estimate of drug-likeness (QED) is 0.909. The Bertz CT molecular complexity index is 617. The zero-order valence-corrected chi connectivity index (χ0v) is 13.2. The van der Waals surface area contributed by atoms with Crippen LogP contribution >= 0.6 is 0 Å². The van der Waals surface area contributed by atoms with E-state index < -0.39 is 11.6 Å². The van der Waals surface area contributed by atoms with Crippen LogP contribution in [0.15, 0.2) is 18.2 Å². The summed E-state index contributed by atoms with van der Waals surface area (Å²) in [4.78, 5) is 14.6. The average molecular weight is 320 g/mol. The Labute approximate surface area is 135 Å². The molecule has 0 radical (unpaired) electrons. The molecule has 1 aromatic carbocycles. The van der Waals surface area contributed by atoms with Crippen molar-refractivity contribution in [1.29, 1.82) is 0 Å². The number of hydrogen-bond acceptors (Lipinski definition) is 2. The molecule has 1 N–H and O–H groups in total. The monoisotopic (exact) mass is 320 g/mol. The van der Waals surface area contributed by atoms with Crippen molar-refractivity contribution in [3.05, 3.63) is 35.4 Å². The van der Waals surface area contributed by atoms with E-state index in [0.29, 0.717) is 17.4 Å². The molecule has 1 spiro atoms. The highest BCUT2D eigenvalue weighted by molar-refractivity contribution is 5.83. The molecule has 1 saturated carbocycles. The molecule has 3 fully saturated rings. The molecule has 2 aliphatic heterocycles. The second-order valence-electron chi connectivity index (χ2n) is 7.37. The van der Waals surface area contributed by atoms with Crippen LogP contribution in [0.3, 0.4) is 0 Å². The lowest BCUT2D eigenvalue weighted by molar-refractivity contribution is -0.134. The van der Waals surface area contributed by atoms with Crippen LogP contribution in [0.25, 0.3) is 0 Å². The Morgan fingerprint density at radius 3 is 2.70 bits per heavy atom. The van der Waals surface area contributed by atoms with Gasteiger partial charge in [0.05, 0.1) is 0 Å². The molecule has 1 amide bonds. The van der Waals surface area contributed by atoms with Crippen LogP contribution < -0.4 is 5.32 Å². The summed E-state index contributed by atoms with van der Waals surface area (Å²) in [6.07, 6.45) is 3.95. The predicted octanol–water partition coefficient (Wildman–Crippen LogP) is 2.67. The Morgan fingerprint density at radius 1 is 1.22 bits per heavy atom. The van der Waals surface area contributed by atoms with Gasteiger partial charge in [0.15, 0.2) is 0 Å². The van der Waals surface area contributed by atoms with Gasteiger partial charge in [-0.3, -0.25) is 4.79 Å². The minimum Gasteiger partial charge on any atom is -0.342 e. The van der Waals surface area contributed by atoms with Gasteiger partial charge in [-0.1, -0.05) is 0 Å². The number of rotatable bonds is 2. The van der Waals surface area contributed by atoms with Crippen LogP contribution in [-0.4, -0.2) is 37.0 Å². The van der Waals surface area contributed by atoms with Gasteiger partial charge in [0, 0.05) is 25.6 Å². The zero-order valence-electron chi connectivity index (χ0n) is 13.2. The third-order valence-corrected chi connectivity index (χ3v) is 5.93. The van der Waals surface area contributed by atoms with Gasteiger partial charge < -0.3 is 10.2 Å². The summed E-state index contributed by atoms with van der Waals surface area (Å²) < 4.78 is 27.2. The molecule has 2 heterocycles. The highest BCUT2D eigenvalue weighted by atomic mass is 19.1. The molecule has 1 aliphatic carbocycles. The minimum atomic E-state index is -0.437.